The quantitative estimate of drug-likeness (QED) is 0.671. The molecule has 0 aromatic rings. The molecular weight excluding hydrogens is 260 g/mol. The van der Waals surface area contributed by atoms with E-state index in [1.807, 2.05) is 11.8 Å². The highest BCUT2D eigenvalue weighted by atomic mass is 32.2. The summed E-state index contributed by atoms with van der Waals surface area (Å²) in [5.74, 6) is 0.0664. The molecule has 1 aliphatic heterocycles. The van der Waals surface area contributed by atoms with Gasteiger partial charge in [0, 0.05) is 24.9 Å². The largest absolute Gasteiger partial charge is 0.379 e. The Bertz CT molecular complexity index is 301. The smallest absolute Gasteiger partial charge is 0.216 e. The van der Waals surface area contributed by atoms with E-state index in [1.165, 1.54) is 0 Å². The van der Waals surface area contributed by atoms with E-state index < -0.39 is 10.0 Å². The Morgan fingerprint density at radius 1 is 1.35 bits per heavy atom. The molecule has 2 N–H and O–H groups in total. The van der Waals surface area contributed by atoms with Gasteiger partial charge in [-0.2, -0.15) is 11.8 Å². The molecule has 0 bridgehead atoms. The Kier molecular flexibility index (Phi) is 6.79. The molecule has 0 amide bonds. The molecule has 0 radical (unpaired) electrons. The lowest BCUT2D eigenvalue weighted by Crippen LogP contribution is -2.41. The Morgan fingerprint density at radius 2 is 2.00 bits per heavy atom. The van der Waals surface area contributed by atoms with Gasteiger partial charge in [-0.25, -0.2) is 12.7 Å². The van der Waals surface area contributed by atoms with Gasteiger partial charge in [0.25, 0.3) is 0 Å². The number of hydrogen-bond donors (Lipinski definition) is 1. The lowest BCUT2D eigenvalue weighted by atomic mass is 10.2. The number of ether oxygens (including phenoxy) is 1. The summed E-state index contributed by atoms with van der Waals surface area (Å²) in [7, 11) is -3.14. The third-order valence-corrected chi connectivity index (χ3v) is 5.85. The zero-order valence-electron chi connectivity index (χ0n) is 10.3. The average molecular weight is 282 g/mol. The van der Waals surface area contributed by atoms with Crippen LogP contribution >= 0.6 is 11.8 Å². The molecule has 0 atom stereocenters. The second kappa shape index (κ2) is 7.58. The molecule has 0 aliphatic carbocycles. The molecule has 1 fully saturated rings. The minimum Gasteiger partial charge on any atom is -0.379 e. The molecule has 0 aromatic heterocycles. The van der Waals surface area contributed by atoms with Crippen LogP contribution in [0.25, 0.3) is 0 Å². The summed E-state index contributed by atoms with van der Waals surface area (Å²) in [4.78, 5) is 0. The molecule has 0 saturated carbocycles. The van der Waals surface area contributed by atoms with E-state index in [9.17, 15) is 8.42 Å². The predicted molar refractivity (Wildman–Crippen MR) is 71.8 cm³/mol. The van der Waals surface area contributed by atoms with Crippen molar-refractivity contribution >= 4 is 21.8 Å². The lowest BCUT2D eigenvalue weighted by Gasteiger charge is -2.30. The van der Waals surface area contributed by atoms with Crippen LogP contribution < -0.4 is 5.73 Å². The molecule has 7 heteroatoms. The maximum absolute atomic E-state index is 12.0. The normalized spacial score (nSPS) is 19.6. The second-order valence-corrected chi connectivity index (χ2v) is 7.28. The zero-order chi connectivity index (χ0) is 12.7. The Labute approximate surface area is 108 Å². The molecule has 1 saturated heterocycles. The standard InChI is InChI=1S/C10H22N2O3S2/c1-16-10-2-5-12(6-3-10)17(13,14)9-8-15-7-4-11/h10H,2-9,11H2,1H3. The first-order chi connectivity index (χ1) is 8.10. The highest BCUT2D eigenvalue weighted by Gasteiger charge is 2.27. The first-order valence-electron chi connectivity index (χ1n) is 5.88. The summed E-state index contributed by atoms with van der Waals surface area (Å²) < 4.78 is 30.6. The molecule has 0 unspecified atom stereocenters. The van der Waals surface area contributed by atoms with Crippen LogP contribution in [0.15, 0.2) is 0 Å². The van der Waals surface area contributed by atoms with Crippen molar-refractivity contribution in [2.45, 2.75) is 18.1 Å². The Morgan fingerprint density at radius 3 is 2.53 bits per heavy atom. The molecule has 1 rings (SSSR count). The maximum Gasteiger partial charge on any atom is 0.216 e. The number of rotatable bonds is 7. The van der Waals surface area contributed by atoms with Gasteiger partial charge >= 0.3 is 0 Å². The highest BCUT2D eigenvalue weighted by molar-refractivity contribution is 7.99. The third-order valence-electron chi connectivity index (χ3n) is 2.88. The van der Waals surface area contributed by atoms with E-state index in [2.05, 4.69) is 6.26 Å². The molecular formula is C10H22N2O3S2. The molecule has 1 heterocycles. The number of thioether (sulfide) groups is 1. The van der Waals surface area contributed by atoms with Crippen LogP contribution in [-0.2, 0) is 14.8 Å². The van der Waals surface area contributed by atoms with Crippen molar-refractivity contribution < 1.29 is 13.2 Å². The van der Waals surface area contributed by atoms with Crippen LogP contribution in [0.5, 0.6) is 0 Å². The number of nitrogens with two attached hydrogens (primary N) is 1. The second-order valence-electron chi connectivity index (χ2n) is 4.05. The van der Waals surface area contributed by atoms with Crippen LogP contribution in [0.1, 0.15) is 12.8 Å². The van der Waals surface area contributed by atoms with Crippen molar-refractivity contribution in [2.75, 3.05) is 44.9 Å². The van der Waals surface area contributed by atoms with E-state index in [0.717, 1.165) is 12.8 Å². The van der Waals surface area contributed by atoms with Crippen molar-refractivity contribution in [1.82, 2.24) is 4.31 Å². The van der Waals surface area contributed by atoms with E-state index in [1.54, 1.807) is 4.31 Å². The van der Waals surface area contributed by atoms with Gasteiger partial charge in [0.15, 0.2) is 0 Å². The summed E-state index contributed by atoms with van der Waals surface area (Å²) in [6, 6.07) is 0. The zero-order valence-corrected chi connectivity index (χ0v) is 11.9. The summed E-state index contributed by atoms with van der Waals surface area (Å²) >= 11 is 1.82. The molecule has 5 nitrogen and oxygen atoms in total. The monoisotopic (exact) mass is 282 g/mol. The van der Waals surface area contributed by atoms with Crippen LogP contribution in [-0.4, -0.2) is 62.8 Å². The first-order valence-corrected chi connectivity index (χ1v) is 8.78. The summed E-state index contributed by atoms with van der Waals surface area (Å²) in [6.45, 7) is 2.38. The average Bonchev–Trinajstić information content (AvgIpc) is 2.35. The summed E-state index contributed by atoms with van der Waals surface area (Å²) in [5, 5.41) is 0.606. The van der Waals surface area contributed by atoms with E-state index in [-0.39, 0.29) is 12.4 Å². The Balaban J connectivity index is 2.33. The van der Waals surface area contributed by atoms with Gasteiger partial charge in [-0.3, -0.25) is 0 Å². The van der Waals surface area contributed by atoms with Crippen molar-refractivity contribution in [1.29, 1.82) is 0 Å². The van der Waals surface area contributed by atoms with Crippen LogP contribution in [0.3, 0.4) is 0 Å². The fraction of sp³-hybridized carbons (Fsp3) is 1.00. The number of sulfonamides is 1. The number of hydrogen-bond acceptors (Lipinski definition) is 5. The lowest BCUT2D eigenvalue weighted by molar-refractivity contribution is 0.155. The van der Waals surface area contributed by atoms with E-state index in [0.29, 0.717) is 31.5 Å². The SMILES string of the molecule is CSC1CCN(S(=O)(=O)CCOCCN)CC1. The van der Waals surface area contributed by atoms with Crippen molar-refractivity contribution in [3.05, 3.63) is 0 Å². The van der Waals surface area contributed by atoms with Gasteiger partial charge in [0.05, 0.1) is 19.0 Å². The summed E-state index contributed by atoms with van der Waals surface area (Å²) in [5.41, 5.74) is 5.26. The van der Waals surface area contributed by atoms with E-state index in [4.69, 9.17) is 10.5 Å². The molecule has 0 spiro atoms. The molecule has 17 heavy (non-hydrogen) atoms. The van der Waals surface area contributed by atoms with Gasteiger partial charge in [-0.05, 0) is 19.1 Å². The van der Waals surface area contributed by atoms with Crippen LogP contribution in [0.2, 0.25) is 0 Å². The topological polar surface area (TPSA) is 72.6 Å². The van der Waals surface area contributed by atoms with Gasteiger partial charge in [-0.15, -0.1) is 0 Å². The van der Waals surface area contributed by atoms with Crippen LogP contribution in [0, 0.1) is 0 Å². The van der Waals surface area contributed by atoms with Crippen molar-refractivity contribution in [3.8, 4) is 0 Å². The van der Waals surface area contributed by atoms with Gasteiger partial charge < -0.3 is 10.5 Å². The molecule has 102 valence electrons. The van der Waals surface area contributed by atoms with Crippen LogP contribution in [0.4, 0.5) is 0 Å². The molecule has 0 aromatic carbocycles. The minimum atomic E-state index is -3.14. The Hall–Kier alpha value is 0.180. The van der Waals surface area contributed by atoms with Crippen molar-refractivity contribution in [3.63, 3.8) is 0 Å². The van der Waals surface area contributed by atoms with Gasteiger partial charge in [0.1, 0.15) is 0 Å². The van der Waals surface area contributed by atoms with Crippen molar-refractivity contribution in [2.24, 2.45) is 5.73 Å². The summed E-state index contributed by atoms with van der Waals surface area (Å²) in [6.07, 6.45) is 3.98. The number of piperidine rings is 1. The fourth-order valence-corrected chi connectivity index (χ4v) is 3.86. The fourth-order valence-electron chi connectivity index (χ4n) is 1.82. The van der Waals surface area contributed by atoms with Gasteiger partial charge in [-0.1, -0.05) is 0 Å². The van der Waals surface area contributed by atoms with E-state index >= 15 is 0 Å². The minimum absolute atomic E-state index is 0.0664. The number of nitrogens with zero attached hydrogens (tertiary/aromatic N) is 1. The highest BCUT2D eigenvalue weighted by Crippen LogP contribution is 2.22. The first kappa shape index (κ1) is 15.2. The predicted octanol–water partition coefficient (Wildman–Crippen LogP) is 0.119. The van der Waals surface area contributed by atoms with Gasteiger partial charge in [0.2, 0.25) is 10.0 Å². The third kappa shape index (κ3) is 5.13. The molecule has 1 aliphatic rings. The maximum atomic E-state index is 12.0.